The molecule has 5 heteroatoms. The molecule has 20 heavy (non-hydrogen) atoms. The molecule has 1 saturated carbocycles. The number of fused-ring (bicyclic) bond motifs is 1. The maximum absolute atomic E-state index is 11.1. The summed E-state index contributed by atoms with van der Waals surface area (Å²) in [5.74, 6) is 0.135. The number of benzene rings is 1. The molecular formula is C15H17ClO4. The quantitative estimate of drug-likeness (QED) is 0.918. The van der Waals surface area contributed by atoms with Crippen LogP contribution >= 0.6 is 11.6 Å². The van der Waals surface area contributed by atoms with E-state index >= 15 is 0 Å². The van der Waals surface area contributed by atoms with Crippen molar-refractivity contribution in [3.63, 3.8) is 0 Å². The second-order valence-electron chi connectivity index (χ2n) is 5.97. The Bertz CT molecular complexity index is 563. The van der Waals surface area contributed by atoms with Crippen LogP contribution in [0.2, 0.25) is 5.02 Å². The van der Waals surface area contributed by atoms with Gasteiger partial charge in [-0.2, -0.15) is 0 Å². The molecule has 0 amide bonds. The number of carboxylic acid groups (broad SMARTS) is 1. The van der Waals surface area contributed by atoms with Gasteiger partial charge in [-0.1, -0.05) is 11.6 Å². The average molecular weight is 297 g/mol. The van der Waals surface area contributed by atoms with Gasteiger partial charge in [-0.05, 0) is 36.3 Å². The van der Waals surface area contributed by atoms with Crippen LogP contribution in [0.1, 0.15) is 44.6 Å². The Morgan fingerprint density at radius 2 is 2.00 bits per heavy atom. The second-order valence-corrected chi connectivity index (χ2v) is 6.37. The molecule has 1 aromatic carbocycles. The summed E-state index contributed by atoms with van der Waals surface area (Å²) in [6.45, 7) is 3.66. The Hall–Kier alpha value is -1.42. The van der Waals surface area contributed by atoms with Gasteiger partial charge in [-0.3, -0.25) is 4.79 Å². The van der Waals surface area contributed by atoms with Gasteiger partial charge in [0.15, 0.2) is 11.5 Å². The summed E-state index contributed by atoms with van der Waals surface area (Å²) in [7, 11) is 0. The van der Waals surface area contributed by atoms with Gasteiger partial charge in [-0.15, -0.1) is 0 Å². The Balaban J connectivity index is 1.96. The topological polar surface area (TPSA) is 55.8 Å². The van der Waals surface area contributed by atoms with E-state index in [4.69, 9.17) is 26.2 Å². The largest absolute Gasteiger partial charge is 0.481 e. The standard InChI is InChI=1S/C15H17ClO4/c1-15(2)19-12-5-10(11(16)7-13(12)20-15)9(6-14(17)18)8-3-4-8/h5,7-9H,3-4,6H2,1-2H3,(H,17,18). The molecule has 0 aromatic heterocycles. The minimum atomic E-state index is -0.795. The van der Waals surface area contributed by atoms with Crippen LogP contribution in [0.5, 0.6) is 11.5 Å². The summed E-state index contributed by atoms with van der Waals surface area (Å²) in [6, 6.07) is 3.58. The maximum Gasteiger partial charge on any atom is 0.303 e. The van der Waals surface area contributed by atoms with E-state index in [1.807, 2.05) is 19.9 Å². The Kier molecular flexibility index (Phi) is 3.09. The van der Waals surface area contributed by atoms with Crippen LogP contribution in [-0.4, -0.2) is 16.9 Å². The highest BCUT2D eigenvalue weighted by molar-refractivity contribution is 6.31. The number of carboxylic acids is 1. The highest BCUT2D eigenvalue weighted by Crippen LogP contribution is 2.50. The first-order valence-corrected chi connectivity index (χ1v) is 7.17. The fourth-order valence-corrected chi connectivity index (χ4v) is 3.06. The second kappa shape index (κ2) is 4.55. The van der Waals surface area contributed by atoms with E-state index in [2.05, 4.69) is 0 Å². The van der Waals surface area contributed by atoms with Gasteiger partial charge >= 0.3 is 5.97 Å². The van der Waals surface area contributed by atoms with Gasteiger partial charge in [0.1, 0.15) is 0 Å². The van der Waals surface area contributed by atoms with Gasteiger partial charge in [0.05, 0.1) is 6.42 Å². The van der Waals surface area contributed by atoms with Crippen molar-refractivity contribution in [2.24, 2.45) is 5.92 Å². The Labute approximate surface area is 122 Å². The zero-order valence-corrected chi connectivity index (χ0v) is 12.2. The van der Waals surface area contributed by atoms with Crippen molar-refractivity contribution in [3.05, 3.63) is 22.7 Å². The molecule has 0 saturated heterocycles. The molecule has 4 nitrogen and oxygen atoms in total. The van der Waals surface area contributed by atoms with Gasteiger partial charge in [0.2, 0.25) is 5.79 Å². The van der Waals surface area contributed by atoms with E-state index in [0.29, 0.717) is 22.4 Å². The van der Waals surface area contributed by atoms with Gasteiger partial charge in [0.25, 0.3) is 0 Å². The maximum atomic E-state index is 11.1. The van der Waals surface area contributed by atoms with Crippen LogP contribution in [0.25, 0.3) is 0 Å². The first-order valence-electron chi connectivity index (χ1n) is 6.79. The van der Waals surface area contributed by atoms with Crippen molar-refractivity contribution in [2.75, 3.05) is 0 Å². The number of rotatable bonds is 4. The predicted molar refractivity (Wildman–Crippen MR) is 74.5 cm³/mol. The molecule has 1 aromatic rings. The van der Waals surface area contributed by atoms with E-state index in [0.717, 1.165) is 18.4 Å². The van der Waals surface area contributed by atoms with E-state index in [-0.39, 0.29) is 12.3 Å². The molecule has 1 atom stereocenters. The zero-order valence-electron chi connectivity index (χ0n) is 11.5. The number of hydrogen-bond acceptors (Lipinski definition) is 3. The minimum Gasteiger partial charge on any atom is -0.481 e. The molecule has 1 aliphatic heterocycles. The van der Waals surface area contributed by atoms with Crippen molar-refractivity contribution >= 4 is 17.6 Å². The molecule has 1 unspecified atom stereocenters. The number of hydrogen-bond donors (Lipinski definition) is 1. The third kappa shape index (κ3) is 2.57. The van der Waals surface area contributed by atoms with E-state index in [9.17, 15) is 4.79 Å². The molecule has 1 aliphatic carbocycles. The lowest BCUT2D eigenvalue weighted by Gasteiger charge is -2.17. The van der Waals surface area contributed by atoms with E-state index < -0.39 is 11.8 Å². The average Bonchev–Trinajstić information content (AvgIpc) is 3.08. The number of ether oxygens (including phenoxy) is 2. The molecule has 0 bridgehead atoms. The Morgan fingerprint density at radius 3 is 2.55 bits per heavy atom. The van der Waals surface area contributed by atoms with Crippen LogP contribution in [-0.2, 0) is 4.79 Å². The van der Waals surface area contributed by atoms with Crippen molar-refractivity contribution in [3.8, 4) is 11.5 Å². The van der Waals surface area contributed by atoms with Crippen LogP contribution in [0.4, 0.5) is 0 Å². The van der Waals surface area contributed by atoms with Crippen molar-refractivity contribution in [2.45, 2.75) is 44.8 Å². The fraction of sp³-hybridized carbons (Fsp3) is 0.533. The highest BCUT2D eigenvalue weighted by Gasteiger charge is 2.38. The molecule has 3 rings (SSSR count). The fourth-order valence-electron chi connectivity index (χ4n) is 2.76. The molecule has 0 spiro atoms. The van der Waals surface area contributed by atoms with Crippen molar-refractivity contribution < 1.29 is 19.4 Å². The van der Waals surface area contributed by atoms with E-state index in [1.165, 1.54) is 0 Å². The molecule has 2 aliphatic rings. The molecule has 0 radical (unpaired) electrons. The number of halogens is 1. The monoisotopic (exact) mass is 296 g/mol. The van der Waals surface area contributed by atoms with Crippen molar-refractivity contribution in [1.82, 2.24) is 0 Å². The van der Waals surface area contributed by atoms with Crippen LogP contribution in [0.3, 0.4) is 0 Å². The minimum absolute atomic E-state index is 0.0439. The molecular weight excluding hydrogens is 280 g/mol. The summed E-state index contributed by atoms with van der Waals surface area (Å²) in [6.07, 6.45) is 2.23. The summed E-state index contributed by atoms with van der Waals surface area (Å²) in [5.41, 5.74) is 0.858. The summed E-state index contributed by atoms with van der Waals surface area (Å²) in [4.78, 5) is 11.1. The van der Waals surface area contributed by atoms with Gasteiger partial charge in [-0.25, -0.2) is 0 Å². The predicted octanol–water partition coefficient (Wildman–Crippen LogP) is 3.82. The zero-order chi connectivity index (χ0) is 14.5. The number of aliphatic carboxylic acids is 1. The first-order chi connectivity index (χ1) is 9.35. The third-order valence-corrected chi connectivity index (χ3v) is 4.09. The molecule has 1 N–H and O–H groups in total. The first kappa shape index (κ1) is 13.6. The molecule has 108 valence electrons. The molecule has 1 heterocycles. The third-order valence-electron chi connectivity index (χ3n) is 3.76. The molecule has 1 fully saturated rings. The lowest BCUT2D eigenvalue weighted by atomic mass is 9.90. The van der Waals surface area contributed by atoms with Gasteiger partial charge in [0, 0.05) is 24.9 Å². The van der Waals surface area contributed by atoms with Crippen LogP contribution in [0.15, 0.2) is 12.1 Å². The normalized spacial score (nSPS) is 20.8. The highest BCUT2D eigenvalue weighted by atomic mass is 35.5. The lowest BCUT2D eigenvalue weighted by Crippen LogP contribution is -2.29. The van der Waals surface area contributed by atoms with Crippen LogP contribution < -0.4 is 9.47 Å². The Morgan fingerprint density at radius 1 is 1.40 bits per heavy atom. The van der Waals surface area contributed by atoms with Crippen LogP contribution in [0, 0.1) is 5.92 Å². The summed E-state index contributed by atoms with van der Waals surface area (Å²) < 4.78 is 11.4. The van der Waals surface area contributed by atoms with E-state index in [1.54, 1.807) is 6.07 Å². The summed E-state index contributed by atoms with van der Waals surface area (Å²) >= 11 is 6.32. The lowest BCUT2D eigenvalue weighted by molar-refractivity contribution is -0.137. The SMILES string of the molecule is CC1(C)Oc2cc(Cl)c(C(CC(=O)O)C3CC3)cc2O1. The smallest absolute Gasteiger partial charge is 0.303 e. The van der Waals surface area contributed by atoms with Crippen molar-refractivity contribution in [1.29, 1.82) is 0 Å². The summed E-state index contributed by atoms with van der Waals surface area (Å²) in [5, 5.41) is 9.65. The number of carbonyl (C=O) groups is 1. The van der Waals surface area contributed by atoms with Gasteiger partial charge < -0.3 is 14.6 Å².